The molecule has 1 amide bonds. The molecular weight excluding hydrogens is 357 g/mol. The molecule has 5 heteroatoms. The van der Waals surface area contributed by atoms with E-state index < -0.39 is 0 Å². The van der Waals surface area contributed by atoms with Crippen molar-refractivity contribution in [1.29, 1.82) is 0 Å². The first-order chi connectivity index (χ1) is 13.7. The van der Waals surface area contributed by atoms with Gasteiger partial charge in [-0.25, -0.2) is 9.18 Å². The number of methoxy groups -OCH3 is 1. The van der Waals surface area contributed by atoms with Gasteiger partial charge in [0, 0.05) is 17.7 Å². The zero-order valence-corrected chi connectivity index (χ0v) is 15.9. The Morgan fingerprint density at radius 2 is 2.00 bits per heavy atom. The van der Waals surface area contributed by atoms with E-state index in [9.17, 15) is 9.18 Å². The molecule has 1 fully saturated rings. The van der Waals surface area contributed by atoms with Crippen molar-refractivity contribution >= 4 is 11.7 Å². The number of piperidine rings is 1. The number of hydrogen-bond acceptors (Lipinski definition) is 3. The van der Waals surface area contributed by atoms with Crippen molar-refractivity contribution in [1.82, 2.24) is 4.90 Å². The Labute approximate surface area is 164 Å². The van der Waals surface area contributed by atoms with Crippen LogP contribution in [0.2, 0.25) is 0 Å². The van der Waals surface area contributed by atoms with E-state index in [0.717, 1.165) is 42.4 Å². The molecule has 2 atom stereocenters. The summed E-state index contributed by atoms with van der Waals surface area (Å²) in [5.74, 6) is 0.216. The standard InChI is InChI=1S/C23H24FNO3/c1-27-22-14-18(24)10-11-21(22)17-12-19-8-5-9-20(13-17)25(19)23(26)28-15-16-6-3-2-4-7-16/h2-4,6-7,10-12,14,19-20H,5,8-9,13,15H2,1H3. The minimum Gasteiger partial charge on any atom is -0.496 e. The minimum absolute atomic E-state index is 0.000493. The predicted octanol–water partition coefficient (Wildman–Crippen LogP) is 5.18. The van der Waals surface area contributed by atoms with Crippen LogP contribution in [0.25, 0.3) is 5.57 Å². The average molecular weight is 381 g/mol. The number of nitrogens with zero attached hydrogens (tertiary/aromatic N) is 1. The highest BCUT2D eigenvalue weighted by molar-refractivity contribution is 5.76. The van der Waals surface area contributed by atoms with Crippen LogP contribution in [-0.2, 0) is 11.3 Å². The third-order valence-corrected chi connectivity index (χ3v) is 5.56. The Hall–Kier alpha value is -2.82. The minimum atomic E-state index is -0.316. The number of carbonyl (C=O) groups is 1. The molecule has 146 valence electrons. The third kappa shape index (κ3) is 3.75. The summed E-state index contributed by atoms with van der Waals surface area (Å²) in [6, 6.07) is 14.4. The number of amides is 1. The summed E-state index contributed by atoms with van der Waals surface area (Å²) in [6.07, 6.45) is 5.51. The van der Waals surface area contributed by atoms with Gasteiger partial charge in [-0.1, -0.05) is 36.4 Å². The Morgan fingerprint density at radius 3 is 2.75 bits per heavy atom. The summed E-state index contributed by atoms with van der Waals surface area (Å²) in [6.45, 7) is 0.276. The fourth-order valence-electron chi connectivity index (χ4n) is 4.24. The van der Waals surface area contributed by atoms with Gasteiger partial charge < -0.3 is 9.47 Å². The van der Waals surface area contributed by atoms with E-state index >= 15 is 0 Å². The summed E-state index contributed by atoms with van der Waals surface area (Å²) < 4.78 is 24.5. The lowest BCUT2D eigenvalue weighted by atomic mass is 9.83. The van der Waals surface area contributed by atoms with Gasteiger partial charge in [0.05, 0.1) is 13.2 Å². The molecule has 0 saturated carbocycles. The number of hydrogen-bond donors (Lipinski definition) is 0. The van der Waals surface area contributed by atoms with Crippen LogP contribution in [0.15, 0.2) is 54.6 Å². The maximum Gasteiger partial charge on any atom is 0.410 e. The van der Waals surface area contributed by atoms with Crippen LogP contribution in [0, 0.1) is 5.82 Å². The maximum absolute atomic E-state index is 13.6. The molecule has 2 unspecified atom stereocenters. The second kappa shape index (κ2) is 8.05. The van der Waals surface area contributed by atoms with E-state index in [2.05, 4.69) is 6.08 Å². The first kappa shape index (κ1) is 18.5. The lowest BCUT2D eigenvalue weighted by Gasteiger charge is -2.44. The van der Waals surface area contributed by atoms with Crippen molar-refractivity contribution in [2.45, 2.75) is 44.4 Å². The first-order valence-corrected chi connectivity index (χ1v) is 9.69. The Bertz CT molecular complexity index is 881. The molecule has 2 aliphatic heterocycles. The highest BCUT2D eigenvalue weighted by Crippen LogP contribution is 2.40. The predicted molar refractivity (Wildman–Crippen MR) is 105 cm³/mol. The van der Waals surface area contributed by atoms with E-state index in [1.807, 2.05) is 35.2 Å². The zero-order chi connectivity index (χ0) is 19.5. The van der Waals surface area contributed by atoms with Crippen molar-refractivity contribution in [2.75, 3.05) is 7.11 Å². The molecule has 4 rings (SSSR count). The van der Waals surface area contributed by atoms with E-state index in [0.29, 0.717) is 5.75 Å². The number of halogens is 1. The number of ether oxygens (including phenoxy) is 2. The fourth-order valence-corrected chi connectivity index (χ4v) is 4.24. The van der Waals surface area contributed by atoms with Gasteiger partial charge in [0.2, 0.25) is 0 Å². The second-order valence-corrected chi connectivity index (χ2v) is 7.34. The van der Waals surface area contributed by atoms with E-state index in [4.69, 9.17) is 9.47 Å². The molecule has 2 aromatic carbocycles. The smallest absolute Gasteiger partial charge is 0.410 e. The van der Waals surface area contributed by atoms with Crippen molar-refractivity contribution < 1.29 is 18.7 Å². The van der Waals surface area contributed by atoms with Gasteiger partial charge in [-0.15, -0.1) is 0 Å². The summed E-state index contributed by atoms with van der Waals surface area (Å²) in [4.78, 5) is 14.7. The summed E-state index contributed by atoms with van der Waals surface area (Å²) in [5.41, 5.74) is 2.99. The molecule has 0 radical (unpaired) electrons. The highest BCUT2D eigenvalue weighted by atomic mass is 19.1. The molecule has 2 heterocycles. The normalized spacial score (nSPS) is 21.1. The van der Waals surface area contributed by atoms with Crippen molar-refractivity contribution in [3.8, 4) is 5.75 Å². The van der Waals surface area contributed by atoms with Crippen LogP contribution in [-0.4, -0.2) is 30.2 Å². The molecule has 0 aromatic heterocycles. The van der Waals surface area contributed by atoms with E-state index in [-0.39, 0.29) is 30.6 Å². The molecule has 0 spiro atoms. The van der Waals surface area contributed by atoms with Gasteiger partial charge in [0.15, 0.2) is 0 Å². The molecule has 2 aromatic rings. The Balaban J connectivity index is 1.53. The summed E-state index contributed by atoms with van der Waals surface area (Å²) in [5, 5.41) is 0. The molecule has 1 saturated heterocycles. The quantitative estimate of drug-likeness (QED) is 0.732. The van der Waals surface area contributed by atoms with Crippen LogP contribution >= 0.6 is 0 Å². The molecule has 4 nitrogen and oxygen atoms in total. The van der Waals surface area contributed by atoms with E-state index in [1.54, 1.807) is 13.2 Å². The molecule has 0 aliphatic carbocycles. The second-order valence-electron chi connectivity index (χ2n) is 7.34. The lowest BCUT2D eigenvalue weighted by Crippen LogP contribution is -2.51. The van der Waals surface area contributed by atoms with Gasteiger partial charge >= 0.3 is 6.09 Å². The fraction of sp³-hybridized carbons (Fsp3) is 0.348. The first-order valence-electron chi connectivity index (χ1n) is 9.69. The average Bonchev–Trinajstić information content (AvgIpc) is 2.71. The number of carbonyl (C=O) groups excluding carboxylic acids is 1. The number of benzene rings is 2. The third-order valence-electron chi connectivity index (χ3n) is 5.56. The zero-order valence-electron chi connectivity index (χ0n) is 15.9. The topological polar surface area (TPSA) is 38.8 Å². The highest BCUT2D eigenvalue weighted by Gasteiger charge is 2.38. The van der Waals surface area contributed by atoms with Crippen LogP contribution in [0.5, 0.6) is 5.75 Å². The van der Waals surface area contributed by atoms with Crippen LogP contribution in [0.4, 0.5) is 9.18 Å². The van der Waals surface area contributed by atoms with Crippen LogP contribution in [0.1, 0.15) is 36.8 Å². The summed E-state index contributed by atoms with van der Waals surface area (Å²) in [7, 11) is 1.55. The molecular formula is C23H24FNO3. The molecule has 0 N–H and O–H groups in total. The SMILES string of the molecule is COc1cc(F)ccc1C1=CC2CCCC(C1)N2C(=O)OCc1ccccc1. The largest absolute Gasteiger partial charge is 0.496 e. The van der Waals surface area contributed by atoms with E-state index in [1.165, 1.54) is 12.1 Å². The number of fused-ring (bicyclic) bond motifs is 2. The van der Waals surface area contributed by atoms with Crippen molar-refractivity contribution in [3.63, 3.8) is 0 Å². The van der Waals surface area contributed by atoms with Crippen LogP contribution in [0.3, 0.4) is 0 Å². The van der Waals surface area contributed by atoms with Gasteiger partial charge in [-0.05, 0) is 49.0 Å². The van der Waals surface area contributed by atoms with Gasteiger partial charge in [-0.2, -0.15) is 0 Å². The molecule has 2 bridgehead atoms. The van der Waals surface area contributed by atoms with Crippen molar-refractivity contribution in [3.05, 3.63) is 71.6 Å². The van der Waals surface area contributed by atoms with Gasteiger partial charge in [-0.3, -0.25) is 4.90 Å². The van der Waals surface area contributed by atoms with Gasteiger partial charge in [0.1, 0.15) is 18.2 Å². The van der Waals surface area contributed by atoms with Crippen molar-refractivity contribution in [2.24, 2.45) is 0 Å². The molecule has 2 aliphatic rings. The maximum atomic E-state index is 13.6. The number of rotatable bonds is 4. The van der Waals surface area contributed by atoms with Gasteiger partial charge in [0.25, 0.3) is 0 Å². The molecule has 28 heavy (non-hydrogen) atoms. The Kier molecular flexibility index (Phi) is 5.33. The Morgan fingerprint density at radius 1 is 1.18 bits per heavy atom. The summed E-state index contributed by atoms with van der Waals surface area (Å²) >= 11 is 0. The van der Waals surface area contributed by atoms with Crippen LogP contribution < -0.4 is 4.74 Å². The lowest BCUT2D eigenvalue weighted by molar-refractivity contribution is 0.0510. The monoisotopic (exact) mass is 381 g/mol.